The second-order valence-corrected chi connectivity index (χ2v) is 5.49. The summed E-state index contributed by atoms with van der Waals surface area (Å²) in [5.74, 6) is -1.41. The van der Waals surface area contributed by atoms with Crippen molar-refractivity contribution in [3.63, 3.8) is 0 Å². The number of hydrogen-bond acceptors (Lipinski definition) is 3. The molecular formula is C13H21NO4. The van der Waals surface area contributed by atoms with Gasteiger partial charge < -0.3 is 15.2 Å². The summed E-state index contributed by atoms with van der Waals surface area (Å²) in [6, 6.07) is -0.246. The van der Waals surface area contributed by atoms with Crippen molar-refractivity contribution in [2.45, 2.75) is 57.1 Å². The molecule has 2 fully saturated rings. The van der Waals surface area contributed by atoms with Crippen LogP contribution in [0.5, 0.6) is 0 Å². The number of amides is 1. The number of carbonyl (C=O) groups excluding carboxylic acids is 1. The Balaban J connectivity index is 1.98. The molecule has 1 aliphatic carbocycles. The van der Waals surface area contributed by atoms with Crippen LogP contribution < -0.4 is 5.32 Å². The predicted molar refractivity (Wildman–Crippen MR) is 65.1 cm³/mol. The van der Waals surface area contributed by atoms with Gasteiger partial charge in [-0.05, 0) is 32.6 Å². The van der Waals surface area contributed by atoms with E-state index in [1.54, 1.807) is 6.92 Å². The fraction of sp³-hybridized carbons (Fsp3) is 0.846. The SMILES string of the molecule is CC1(C(=O)NC2CCCCC2C(=O)O)CCCO1. The van der Waals surface area contributed by atoms with E-state index in [2.05, 4.69) is 5.32 Å². The second-order valence-electron chi connectivity index (χ2n) is 5.49. The first-order valence-corrected chi connectivity index (χ1v) is 6.71. The van der Waals surface area contributed by atoms with Crippen LogP contribution in [0.2, 0.25) is 0 Å². The molecule has 2 N–H and O–H groups in total. The first kappa shape index (κ1) is 13.3. The Morgan fingerprint density at radius 1 is 1.28 bits per heavy atom. The molecule has 5 nitrogen and oxygen atoms in total. The van der Waals surface area contributed by atoms with E-state index in [0.717, 1.165) is 25.7 Å². The summed E-state index contributed by atoms with van der Waals surface area (Å²) in [5.41, 5.74) is -0.763. The first-order valence-electron chi connectivity index (χ1n) is 6.71. The molecular weight excluding hydrogens is 234 g/mol. The minimum Gasteiger partial charge on any atom is -0.481 e. The number of nitrogens with one attached hydrogen (secondary N) is 1. The third kappa shape index (κ3) is 2.66. The van der Waals surface area contributed by atoms with Crippen molar-refractivity contribution in [2.24, 2.45) is 5.92 Å². The van der Waals surface area contributed by atoms with Gasteiger partial charge >= 0.3 is 5.97 Å². The van der Waals surface area contributed by atoms with Crippen LogP contribution in [0.4, 0.5) is 0 Å². The highest BCUT2D eigenvalue weighted by atomic mass is 16.5. The summed E-state index contributed by atoms with van der Waals surface area (Å²) < 4.78 is 5.48. The Hall–Kier alpha value is -1.10. The van der Waals surface area contributed by atoms with Crippen LogP contribution in [0.15, 0.2) is 0 Å². The van der Waals surface area contributed by atoms with Gasteiger partial charge in [0.15, 0.2) is 0 Å². The minimum atomic E-state index is -0.808. The van der Waals surface area contributed by atoms with Crippen LogP contribution in [0, 0.1) is 5.92 Å². The Kier molecular flexibility index (Phi) is 3.90. The van der Waals surface area contributed by atoms with Gasteiger partial charge in [0.25, 0.3) is 5.91 Å². The van der Waals surface area contributed by atoms with Crippen LogP contribution in [0.25, 0.3) is 0 Å². The highest BCUT2D eigenvalue weighted by Crippen LogP contribution is 2.28. The highest BCUT2D eigenvalue weighted by molar-refractivity contribution is 5.86. The molecule has 1 saturated carbocycles. The van der Waals surface area contributed by atoms with Crippen LogP contribution in [-0.4, -0.2) is 35.2 Å². The molecule has 3 unspecified atom stereocenters. The van der Waals surface area contributed by atoms with Crippen molar-refractivity contribution in [1.29, 1.82) is 0 Å². The van der Waals surface area contributed by atoms with Crippen molar-refractivity contribution < 1.29 is 19.4 Å². The van der Waals surface area contributed by atoms with Crippen molar-refractivity contribution >= 4 is 11.9 Å². The topological polar surface area (TPSA) is 75.6 Å². The largest absolute Gasteiger partial charge is 0.481 e. The summed E-state index contributed by atoms with van der Waals surface area (Å²) in [5, 5.41) is 12.1. The summed E-state index contributed by atoms with van der Waals surface area (Å²) in [6.45, 7) is 2.39. The molecule has 102 valence electrons. The molecule has 1 aliphatic heterocycles. The maximum absolute atomic E-state index is 12.2. The lowest BCUT2D eigenvalue weighted by Gasteiger charge is -2.32. The summed E-state index contributed by atoms with van der Waals surface area (Å²) in [6.07, 6.45) is 4.90. The summed E-state index contributed by atoms with van der Waals surface area (Å²) >= 11 is 0. The van der Waals surface area contributed by atoms with Crippen molar-refractivity contribution in [1.82, 2.24) is 5.32 Å². The van der Waals surface area contributed by atoms with Gasteiger partial charge in [-0.25, -0.2) is 0 Å². The molecule has 0 aromatic carbocycles. The number of hydrogen-bond donors (Lipinski definition) is 2. The van der Waals surface area contributed by atoms with Gasteiger partial charge in [0.05, 0.1) is 5.92 Å². The molecule has 3 atom stereocenters. The molecule has 1 saturated heterocycles. The van der Waals surface area contributed by atoms with Gasteiger partial charge in [-0.15, -0.1) is 0 Å². The van der Waals surface area contributed by atoms with Crippen molar-refractivity contribution in [2.75, 3.05) is 6.61 Å². The minimum absolute atomic E-state index is 0.154. The van der Waals surface area contributed by atoms with Crippen LogP contribution >= 0.6 is 0 Å². The molecule has 0 bridgehead atoms. The predicted octanol–water partition coefficient (Wildman–Crippen LogP) is 1.32. The maximum atomic E-state index is 12.2. The first-order chi connectivity index (χ1) is 8.53. The Morgan fingerprint density at radius 2 is 2.00 bits per heavy atom. The molecule has 0 aromatic rings. The molecule has 0 radical (unpaired) electrons. The molecule has 1 heterocycles. The zero-order valence-corrected chi connectivity index (χ0v) is 10.8. The van der Waals surface area contributed by atoms with Crippen LogP contribution in [-0.2, 0) is 14.3 Å². The van der Waals surface area contributed by atoms with Gasteiger partial charge in [0.1, 0.15) is 5.60 Å². The molecule has 0 aromatic heterocycles. The van der Waals surface area contributed by atoms with Gasteiger partial charge in [0, 0.05) is 12.6 Å². The van der Waals surface area contributed by atoms with Crippen molar-refractivity contribution in [3.05, 3.63) is 0 Å². The van der Waals surface area contributed by atoms with Gasteiger partial charge in [0.2, 0.25) is 0 Å². The Bertz CT molecular complexity index is 336. The molecule has 18 heavy (non-hydrogen) atoms. The second kappa shape index (κ2) is 5.26. The zero-order chi connectivity index (χ0) is 13.2. The van der Waals surface area contributed by atoms with Gasteiger partial charge in [-0.3, -0.25) is 9.59 Å². The van der Waals surface area contributed by atoms with E-state index >= 15 is 0 Å². The zero-order valence-electron chi connectivity index (χ0n) is 10.8. The van der Waals surface area contributed by atoms with E-state index in [-0.39, 0.29) is 11.9 Å². The van der Waals surface area contributed by atoms with Crippen LogP contribution in [0.1, 0.15) is 45.4 Å². The third-order valence-corrected chi connectivity index (χ3v) is 4.10. The number of ether oxygens (including phenoxy) is 1. The van der Waals surface area contributed by atoms with Crippen molar-refractivity contribution in [3.8, 4) is 0 Å². The normalized spacial score (nSPS) is 36.3. The number of aliphatic carboxylic acids is 1. The number of carbonyl (C=O) groups is 2. The van der Waals surface area contributed by atoms with E-state index in [0.29, 0.717) is 19.4 Å². The number of rotatable bonds is 3. The lowest BCUT2D eigenvalue weighted by Crippen LogP contribution is -2.52. The monoisotopic (exact) mass is 255 g/mol. The quantitative estimate of drug-likeness (QED) is 0.797. The average molecular weight is 255 g/mol. The van der Waals surface area contributed by atoms with Gasteiger partial charge in [-0.1, -0.05) is 12.8 Å². The molecule has 2 aliphatic rings. The highest BCUT2D eigenvalue weighted by Gasteiger charge is 2.40. The lowest BCUT2D eigenvalue weighted by molar-refractivity contribution is -0.146. The fourth-order valence-corrected chi connectivity index (χ4v) is 2.88. The summed E-state index contributed by atoms with van der Waals surface area (Å²) in [4.78, 5) is 23.3. The number of carboxylic acids is 1. The van der Waals surface area contributed by atoms with E-state index in [1.165, 1.54) is 0 Å². The average Bonchev–Trinajstić information content (AvgIpc) is 2.78. The van der Waals surface area contributed by atoms with E-state index in [9.17, 15) is 9.59 Å². The van der Waals surface area contributed by atoms with E-state index in [1.807, 2.05) is 0 Å². The summed E-state index contributed by atoms with van der Waals surface area (Å²) in [7, 11) is 0. The molecule has 0 spiro atoms. The molecule has 2 rings (SSSR count). The fourth-order valence-electron chi connectivity index (χ4n) is 2.88. The van der Waals surface area contributed by atoms with Crippen LogP contribution in [0.3, 0.4) is 0 Å². The third-order valence-electron chi connectivity index (χ3n) is 4.10. The smallest absolute Gasteiger partial charge is 0.308 e. The maximum Gasteiger partial charge on any atom is 0.308 e. The lowest BCUT2D eigenvalue weighted by atomic mass is 9.84. The van der Waals surface area contributed by atoms with Gasteiger partial charge in [-0.2, -0.15) is 0 Å². The standard InChI is InChI=1S/C13H21NO4/c1-13(7-4-8-18-13)12(17)14-10-6-3-2-5-9(10)11(15)16/h9-10H,2-8H2,1H3,(H,14,17)(H,15,16). The number of carboxylic acid groups (broad SMARTS) is 1. The Labute approximate surface area is 107 Å². The van der Waals surface area contributed by atoms with E-state index in [4.69, 9.17) is 9.84 Å². The van der Waals surface area contributed by atoms with E-state index < -0.39 is 17.5 Å². The Morgan fingerprint density at radius 3 is 2.61 bits per heavy atom. The molecule has 5 heteroatoms. The molecule has 1 amide bonds.